The van der Waals surface area contributed by atoms with Crippen molar-refractivity contribution in [3.8, 4) is 0 Å². The maximum atomic E-state index is 12.9. The summed E-state index contributed by atoms with van der Waals surface area (Å²) in [6.45, 7) is 2.79. The van der Waals surface area contributed by atoms with Gasteiger partial charge < -0.3 is 10.6 Å². The van der Waals surface area contributed by atoms with Crippen molar-refractivity contribution in [2.24, 2.45) is 0 Å². The largest absolute Gasteiger partial charge is 0.398 e. The summed E-state index contributed by atoms with van der Waals surface area (Å²) in [5, 5.41) is 0. The molecule has 2 aromatic carbocycles. The van der Waals surface area contributed by atoms with Gasteiger partial charge in [-0.15, -0.1) is 0 Å². The molecule has 2 N–H and O–H groups in total. The number of hydrogen-bond donors (Lipinski definition) is 1. The van der Waals surface area contributed by atoms with Gasteiger partial charge in [0.15, 0.2) is 0 Å². The number of halogens is 1. The van der Waals surface area contributed by atoms with Gasteiger partial charge in [0.1, 0.15) is 0 Å². The molecule has 0 bridgehead atoms. The van der Waals surface area contributed by atoms with Gasteiger partial charge in [-0.3, -0.25) is 4.79 Å². The lowest BCUT2D eigenvalue weighted by Gasteiger charge is -2.31. The lowest BCUT2D eigenvalue weighted by atomic mass is 9.97. The number of amides is 1. The molecule has 0 saturated heterocycles. The molecule has 108 valence electrons. The molecular weight excluding hydrogens is 328 g/mol. The molecule has 4 heteroatoms. The first-order valence-corrected chi connectivity index (χ1v) is 7.82. The number of fused-ring (bicyclic) bond motifs is 1. The first-order chi connectivity index (χ1) is 10.1. The van der Waals surface area contributed by atoms with E-state index >= 15 is 0 Å². The second-order valence-electron chi connectivity index (χ2n) is 5.37. The fraction of sp³-hybridized carbons (Fsp3) is 0.235. The third kappa shape index (κ3) is 2.56. The molecule has 3 rings (SSSR count). The molecule has 2 aromatic rings. The number of hydrogen-bond acceptors (Lipinski definition) is 2. The van der Waals surface area contributed by atoms with E-state index in [0.717, 1.165) is 35.1 Å². The molecule has 1 aliphatic rings. The minimum Gasteiger partial charge on any atom is -0.398 e. The molecule has 1 amide bonds. The van der Waals surface area contributed by atoms with Gasteiger partial charge in [0, 0.05) is 16.7 Å². The Labute approximate surface area is 132 Å². The van der Waals surface area contributed by atoms with Gasteiger partial charge in [-0.1, -0.05) is 34.1 Å². The third-order valence-electron chi connectivity index (χ3n) is 3.91. The molecule has 0 radical (unpaired) electrons. The highest BCUT2D eigenvalue weighted by atomic mass is 79.9. The number of nitrogens with two attached hydrogens (primary N) is 1. The SMILES string of the molecule is Cc1cccc2c1N(C(=O)c1cc(Br)ccc1N)CCC2. The summed E-state index contributed by atoms with van der Waals surface area (Å²) in [4.78, 5) is 14.8. The van der Waals surface area contributed by atoms with E-state index in [4.69, 9.17) is 5.73 Å². The molecular formula is C17H17BrN2O. The summed E-state index contributed by atoms with van der Waals surface area (Å²) < 4.78 is 0.863. The first kappa shape index (κ1) is 14.1. The first-order valence-electron chi connectivity index (χ1n) is 7.03. The molecule has 0 spiro atoms. The van der Waals surface area contributed by atoms with Gasteiger partial charge >= 0.3 is 0 Å². The highest BCUT2D eigenvalue weighted by molar-refractivity contribution is 9.10. The Kier molecular flexibility index (Phi) is 3.72. The van der Waals surface area contributed by atoms with Gasteiger partial charge in [-0.2, -0.15) is 0 Å². The lowest BCUT2D eigenvalue weighted by Crippen LogP contribution is -2.36. The molecule has 3 nitrogen and oxygen atoms in total. The van der Waals surface area contributed by atoms with Gasteiger partial charge in [-0.05, 0) is 49.1 Å². The van der Waals surface area contributed by atoms with Crippen molar-refractivity contribution >= 4 is 33.2 Å². The fourth-order valence-corrected chi connectivity index (χ4v) is 3.27. The van der Waals surface area contributed by atoms with Crippen LogP contribution in [0.15, 0.2) is 40.9 Å². The molecule has 1 aliphatic heterocycles. The fourth-order valence-electron chi connectivity index (χ4n) is 2.91. The smallest absolute Gasteiger partial charge is 0.260 e. The maximum absolute atomic E-state index is 12.9. The quantitative estimate of drug-likeness (QED) is 0.796. The molecule has 0 aromatic heterocycles. The number of para-hydroxylation sites is 1. The van der Waals surface area contributed by atoms with Crippen LogP contribution in [0.1, 0.15) is 27.9 Å². The van der Waals surface area contributed by atoms with Gasteiger partial charge in [0.2, 0.25) is 0 Å². The van der Waals surface area contributed by atoms with Crippen LogP contribution in [0.2, 0.25) is 0 Å². The van der Waals surface area contributed by atoms with E-state index < -0.39 is 0 Å². The lowest BCUT2D eigenvalue weighted by molar-refractivity contribution is 0.0985. The van der Waals surface area contributed by atoms with E-state index in [1.807, 2.05) is 11.0 Å². The van der Waals surface area contributed by atoms with E-state index in [-0.39, 0.29) is 5.91 Å². The van der Waals surface area contributed by atoms with Crippen molar-refractivity contribution in [2.45, 2.75) is 19.8 Å². The van der Waals surface area contributed by atoms with Crippen molar-refractivity contribution in [3.63, 3.8) is 0 Å². The number of nitrogens with zero attached hydrogens (tertiary/aromatic N) is 1. The molecule has 1 heterocycles. The normalized spacial score (nSPS) is 13.9. The number of anilines is 2. The average Bonchev–Trinajstić information content (AvgIpc) is 2.49. The topological polar surface area (TPSA) is 46.3 Å². The number of aryl methyl sites for hydroxylation is 2. The minimum absolute atomic E-state index is 0.0240. The van der Waals surface area contributed by atoms with Crippen LogP contribution in [0.5, 0.6) is 0 Å². The Morgan fingerprint density at radius 2 is 2.10 bits per heavy atom. The van der Waals surface area contributed by atoms with Gasteiger partial charge in [0.05, 0.1) is 11.3 Å². The van der Waals surface area contributed by atoms with Crippen LogP contribution in [0.3, 0.4) is 0 Å². The molecule has 0 saturated carbocycles. The van der Waals surface area contributed by atoms with Crippen LogP contribution in [0, 0.1) is 6.92 Å². The Bertz CT molecular complexity index is 712. The van der Waals surface area contributed by atoms with Gasteiger partial charge in [0.25, 0.3) is 5.91 Å². The van der Waals surface area contributed by atoms with E-state index in [2.05, 4.69) is 41.1 Å². The molecule has 0 atom stereocenters. The standard InChI is InChI=1S/C17H17BrN2O/c1-11-4-2-5-12-6-3-9-20(16(11)12)17(21)14-10-13(18)7-8-15(14)19/h2,4-5,7-8,10H,3,6,9,19H2,1H3. The molecule has 0 unspecified atom stereocenters. The number of nitrogen functional groups attached to an aromatic ring is 1. The van der Waals surface area contributed by atoms with Crippen LogP contribution >= 0.6 is 15.9 Å². The predicted octanol–water partition coefficient (Wildman–Crippen LogP) is 3.93. The summed E-state index contributed by atoms with van der Waals surface area (Å²) in [6.07, 6.45) is 2.00. The van der Waals surface area contributed by atoms with Crippen molar-refractivity contribution in [1.29, 1.82) is 0 Å². The molecule has 0 aliphatic carbocycles. The zero-order valence-corrected chi connectivity index (χ0v) is 13.5. The Balaban J connectivity index is 2.06. The number of rotatable bonds is 1. The van der Waals surface area contributed by atoms with Crippen molar-refractivity contribution in [1.82, 2.24) is 0 Å². The van der Waals surface area contributed by atoms with Crippen LogP contribution in [-0.4, -0.2) is 12.5 Å². The predicted molar refractivity (Wildman–Crippen MR) is 89.7 cm³/mol. The monoisotopic (exact) mass is 344 g/mol. The number of carbonyl (C=O) groups is 1. The van der Waals surface area contributed by atoms with Crippen molar-refractivity contribution < 1.29 is 4.79 Å². The van der Waals surface area contributed by atoms with Crippen LogP contribution in [0.25, 0.3) is 0 Å². The summed E-state index contributed by atoms with van der Waals surface area (Å²) in [5.41, 5.74) is 10.5. The van der Waals surface area contributed by atoms with Crippen LogP contribution in [-0.2, 0) is 6.42 Å². The maximum Gasteiger partial charge on any atom is 0.260 e. The zero-order chi connectivity index (χ0) is 15.0. The second-order valence-corrected chi connectivity index (χ2v) is 6.29. The van der Waals surface area contributed by atoms with E-state index in [1.165, 1.54) is 5.56 Å². The Hall–Kier alpha value is -1.81. The van der Waals surface area contributed by atoms with E-state index in [9.17, 15) is 4.79 Å². The summed E-state index contributed by atoms with van der Waals surface area (Å²) >= 11 is 3.41. The third-order valence-corrected chi connectivity index (χ3v) is 4.40. The zero-order valence-electron chi connectivity index (χ0n) is 11.9. The average molecular weight is 345 g/mol. The highest BCUT2D eigenvalue weighted by Gasteiger charge is 2.26. The van der Waals surface area contributed by atoms with Crippen LogP contribution < -0.4 is 10.6 Å². The van der Waals surface area contributed by atoms with Crippen LogP contribution in [0.4, 0.5) is 11.4 Å². The Morgan fingerprint density at radius 3 is 2.90 bits per heavy atom. The summed E-state index contributed by atoms with van der Waals surface area (Å²) in [6, 6.07) is 11.6. The van der Waals surface area contributed by atoms with E-state index in [0.29, 0.717) is 11.3 Å². The van der Waals surface area contributed by atoms with Crippen molar-refractivity contribution in [3.05, 3.63) is 57.6 Å². The molecule has 21 heavy (non-hydrogen) atoms. The summed E-state index contributed by atoms with van der Waals surface area (Å²) in [5.74, 6) is -0.0240. The summed E-state index contributed by atoms with van der Waals surface area (Å²) in [7, 11) is 0. The van der Waals surface area contributed by atoms with E-state index in [1.54, 1.807) is 12.1 Å². The number of carbonyl (C=O) groups excluding carboxylic acids is 1. The van der Waals surface area contributed by atoms with Gasteiger partial charge in [-0.25, -0.2) is 0 Å². The van der Waals surface area contributed by atoms with Crippen molar-refractivity contribution in [2.75, 3.05) is 17.2 Å². The minimum atomic E-state index is -0.0240. The molecule has 0 fully saturated rings. The second kappa shape index (κ2) is 5.53. The number of benzene rings is 2. The Morgan fingerprint density at radius 1 is 1.29 bits per heavy atom. The highest BCUT2D eigenvalue weighted by Crippen LogP contribution is 2.32.